The van der Waals surface area contributed by atoms with E-state index < -0.39 is 5.97 Å². The van der Waals surface area contributed by atoms with E-state index in [1.165, 1.54) is 0 Å². The number of pyridine rings is 1. The Morgan fingerprint density at radius 2 is 1.86 bits per heavy atom. The molecule has 1 heterocycles. The van der Waals surface area contributed by atoms with Gasteiger partial charge in [-0.25, -0.2) is 4.79 Å². The lowest BCUT2D eigenvalue weighted by Gasteiger charge is -2.11. The Morgan fingerprint density at radius 3 is 2.57 bits per heavy atom. The minimum atomic E-state index is -0.942. The van der Waals surface area contributed by atoms with E-state index in [9.17, 15) is 4.79 Å². The van der Waals surface area contributed by atoms with Crippen LogP contribution in [0.3, 0.4) is 0 Å². The lowest BCUT2D eigenvalue weighted by molar-refractivity contribution is 0.0697. The zero-order chi connectivity index (χ0) is 14.8. The molecule has 104 valence electrons. The number of nitrogens with zero attached hydrogens (tertiary/aromatic N) is 1. The highest BCUT2D eigenvalue weighted by Gasteiger charge is 2.09. The molecule has 4 heteroatoms. The second-order valence-corrected chi connectivity index (χ2v) is 4.84. The van der Waals surface area contributed by atoms with Crippen LogP contribution < -0.4 is 5.32 Å². The first-order valence-corrected chi connectivity index (χ1v) is 6.60. The molecular formula is C17H14N2O2. The second kappa shape index (κ2) is 5.25. The van der Waals surface area contributed by atoms with E-state index in [1.807, 2.05) is 43.3 Å². The van der Waals surface area contributed by atoms with Crippen LogP contribution in [0.4, 0.5) is 11.4 Å². The summed E-state index contributed by atoms with van der Waals surface area (Å²) in [5.41, 5.74) is 3.71. The van der Waals surface area contributed by atoms with E-state index in [0.717, 1.165) is 28.0 Å². The molecule has 0 aliphatic rings. The number of para-hydroxylation sites is 1. The van der Waals surface area contributed by atoms with Crippen LogP contribution in [0.2, 0.25) is 0 Å². The predicted octanol–water partition coefficient (Wildman–Crippen LogP) is 3.99. The average molecular weight is 278 g/mol. The zero-order valence-electron chi connectivity index (χ0n) is 11.5. The molecule has 0 saturated carbocycles. The summed E-state index contributed by atoms with van der Waals surface area (Å²) >= 11 is 0. The normalized spacial score (nSPS) is 10.5. The maximum Gasteiger partial charge on any atom is 0.335 e. The number of benzene rings is 2. The Hall–Kier alpha value is -2.88. The number of hydrogen-bond donors (Lipinski definition) is 2. The number of fused-ring (bicyclic) bond motifs is 1. The van der Waals surface area contributed by atoms with Crippen molar-refractivity contribution >= 4 is 28.2 Å². The van der Waals surface area contributed by atoms with Gasteiger partial charge in [-0.2, -0.15) is 0 Å². The molecule has 1 aromatic heterocycles. The monoisotopic (exact) mass is 278 g/mol. The predicted molar refractivity (Wildman–Crippen MR) is 83.2 cm³/mol. The van der Waals surface area contributed by atoms with Gasteiger partial charge in [-0.1, -0.05) is 18.2 Å². The van der Waals surface area contributed by atoms with Crippen molar-refractivity contribution < 1.29 is 9.90 Å². The Bertz CT molecular complexity index is 814. The van der Waals surface area contributed by atoms with Crippen molar-refractivity contribution in [2.45, 2.75) is 6.92 Å². The number of carboxylic acid groups (broad SMARTS) is 1. The van der Waals surface area contributed by atoms with Gasteiger partial charge >= 0.3 is 5.97 Å². The third-order valence-corrected chi connectivity index (χ3v) is 3.24. The Balaban J connectivity index is 2.15. The summed E-state index contributed by atoms with van der Waals surface area (Å²) in [6, 6.07) is 16.6. The fourth-order valence-electron chi connectivity index (χ4n) is 2.27. The van der Waals surface area contributed by atoms with Gasteiger partial charge in [0, 0.05) is 22.5 Å². The molecule has 0 spiro atoms. The highest BCUT2D eigenvalue weighted by molar-refractivity contribution is 5.99. The number of rotatable bonds is 3. The van der Waals surface area contributed by atoms with E-state index in [2.05, 4.69) is 10.3 Å². The minimum absolute atomic E-state index is 0.254. The molecular weight excluding hydrogens is 264 g/mol. The lowest BCUT2D eigenvalue weighted by atomic mass is 10.1. The molecule has 3 rings (SSSR count). The van der Waals surface area contributed by atoms with E-state index in [4.69, 9.17) is 5.11 Å². The minimum Gasteiger partial charge on any atom is -0.478 e. The molecule has 0 aliphatic carbocycles. The first-order chi connectivity index (χ1) is 10.1. The Kier molecular flexibility index (Phi) is 3.28. The fourth-order valence-corrected chi connectivity index (χ4v) is 2.27. The van der Waals surface area contributed by atoms with E-state index in [1.54, 1.807) is 18.2 Å². The van der Waals surface area contributed by atoms with Crippen LogP contribution in [-0.4, -0.2) is 16.1 Å². The molecule has 2 aromatic carbocycles. The quantitative estimate of drug-likeness (QED) is 0.760. The molecule has 0 amide bonds. The number of aromatic nitrogens is 1. The van der Waals surface area contributed by atoms with Gasteiger partial charge in [0.25, 0.3) is 0 Å². The van der Waals surface area contributed by atoms with Crippen molar-refractivity contribution in [2.75, 3.05) is 5.32 Å². The van der Waals surface area contributed by atoms with Crippen molar-refractivity contribution in [3.63, 3.8) is 0 Å². The molecule has 0 unspecified atom stereocenters. The van der Waals surface area contributed by atoms with Crippen LogP contribution in [0.1, 0.15) is 16.1 Å². The maximum atomic E-state index is 11.1. The number of aryl methyl sites for hydroxylation is 1. The lowest BCUT2D eigenvalue weighted by Crippen LogP contribution is -1.99. The van der Waals surface area contributed by atoms with Gasteiger partial charge < -0.3 is 10.4 Å². The molecule has 0 atom stereocenters. The highest BCUT2D eigenvalue weighted by atomic mass is 16.4. The summed E-state index contributed by atoms with van der Waals surface area (Å²) in [5, 5.41) is 13.3. The van der Waals surface area contributed by atoms with Crippen molar-refractivity contribution in [2.24, 2.45) is 0 Å². The molecule has 0 radical (unpaired) electrons. The van der Waals surface area contributed by atoms with Crippen LogP contribution in [0, 0.1) is 6.92 Å². The Morgan fingerprint density at radius 1 is 1.10 bits per heavy atom. The second-order valence-electron chi connectivity index (χ2n) is 4.84. The first-order valence-electron chi connectivity index (χ1n) is 6.60. The summed E-state index contributed by atoms with van der Waals surface area (Å²) in [7, 11) is 0. The maximum absolute atomic E-state index is 11.1. The van der Waals surface area contributed by atoms with Gasteiger partial charge in [-0.15, -0.1) is 0 Å². The van der Waals surface area contributed by atoms with Crippen molar-refractivity contribution in [1.29, 1.82) is 0 Å². The van der Waals surface area contributed by atoms with Crippen molar-refractivity contribution in [1.82, 2.24) is 4.98 Å². The van der Waals surface area contributed by atoms with Crippen LogP contribution in [0.15, 0.2) is 54.6 Å². The van der Waals surface area contributed by atoms with Gasteiger partial charge in [-0.05, 0) is 43.3 Å². The molecule has 21 heavy (non-hydrogen) atoms. The van der Waals surface area contributed by atoms with Crippen molar-refractivity contribution in [3.05, 3.63) is 65.9 Å². The van der Waals surface area contributed by atoms with Crippen LogP contribution in [-0.2, 0) is 0 Å². The van der Waals surface area contributed by atoms with Gasteiger partial charge in [0.15, 0.2) is 0 Å². The summed E-state index contributed by atoms with van der Waals surface area (Å²) < 4.78 is 0. The van der Waals surface area contributed by atoms with Crippen LogP contribution in [0.25, 0.3) is 10.9 Å². The number of nitrogens with one attached hydrogen (secondary N) is 1. The molecule has 0 fully saturated rings. The summed E-state index contributed by atoms with van der Waals surface area (Å²) in [6.07, 6.45) is 0. The van der Waals surface area contributed by atoms with E-state index >= 15 is 0 Å². The number of carbonyl (C=O) groups is 1. The smallest absolute Gasteiger partial charge is 0.335 e. The molecule has 4 nitrogen and oxygen atoms in total. The van der Waals surface area contributed by atoms with Crippen LogP contribution in [0.5, 0.6) is 0 Å². The van der Waals surface area contributed by atoms with E-state index in [-0.39, 0.29) is 5.56 Å². The average Bonchev–Trinajstić information content (AvgIpc) is 2.47. The SMILES string of the molecule is Cc1cc(Nc2ccccc2)c2cc(C(=O)O)ccc2n1. The zero-order valence-corrected chi connectivity index (χ0v) is 11.5. The molecule has 0 bridgehead atoms. The molecule has 3 aromatic rings. The summed E-state index contributed by atoms with van der Waals surface area (Å²) in [5.74, 6) is -0.942. The van der Waals surface area contributed by atoms with E-state index in [0.29, 0.717) is 0 Å². The van der Waals surface area contributed by atoms with Gasteiger partial charge in [0.05, 0.1) is 11.1 Å². The number of aromatic carboxylic acids is 1. The number of anilines is 2. The molecule has 0 aliphatic heterocycles. The topological polar surface area (TPSA) is 62.2 Å². The first kappa shape index (κ1) is 13.1. The highest BCUT2D eigenvalue weighted by Crippen LogP contribution is 2.27. The number of hydrogen-bond acceptors (Lipinski definition) is 3. The fraction of sp³-hybridized carbons (Fsp3) is 0.0588. The third-order valence-electron chi connectivity index (χ3n) is 3.24. The molecule has 0 saturated heterocycles. The van der Waals surface area contributed by atoms with Crippen molar-refractivity contribution in [3.8, 4) is 0 Å². The van der Waals surface area contributed by atoms with Gasteiger partial charge in [0.1, 0.15) is 0 Å². The summed E-state index contributed by atoms with van der Waals surface area (Å²) in [4.78, 5) is 15.6. The standard InChI is InChI=1S/C17H14N2O2/c1-11-9-16(19-13-5-3-2-4-6-13)14-10-12(17(20)21)7-8-15(14)18-11/h2-10H,1H3,(H,18,19)(H,20,21). The van der Waals surface area contributed by atoms with Gasteiger partial charge in [-0.3, -0.25) is 4.98 Å². The number of carboxylic acids is 1. The third kappa shape index (κ3) is 2.69. The van der Waals surface area contributed by atoms with Gasteiger partial charge in [0.2, 0.25) is 0 Å². The van der Waals surface area contributed by atoms with Crippen LogP contribution >= 0.6 is 0 Å². The Labute approximate surface area is 122 Å². The molecule has 2 N–H and O–H groups in total. The largest absolute Gasteiger partial charge is 0.478 e. The summed E-state index contributed by atoms with van der Waals surface area (Å²) in [6.45, 7) is 1.92.